The van der Waals surface area contributed by atoms with E-state index in [1.165, 1.54) is 11.1 Å². The van der Waals surface area contributed by atoms with Crippen LogP contribution in [-0.2, 0) is 56.6 Å². The lowest BCUT2D eigenvalue weighted by molar-refractivity contribution is -0.134. The zero-order valence-electron chi connectivity index (χ0n) is 31.8. The Kier molecular flexibility index (Phi) is 14.0. The highest BCUT2D eigenvalue weighted by atomic mass is 16.6. The van der Waals surface area contributed by atoms with E-state index in [1.807, 2.05) is 54.6 Å². The standard InChI is InChI=1S/C25H27N3O4.C18H21N3O4.H2/c29-22(27-32-17-18-8-2-1-3-9-18)13-4-5-14-26-25(31)24(30)21-16-28-15-7-11-19-10-6-12-20(21)23(19)28;22-15(20-25)8-1-2-9-19-18(24)17(23)14-11-21-10-4-6-12-5-3-7-13(14)16(12)21;/h1-3,6,8-10,12,16H,4-5,7,11,13-15,17H2,(H,26,31)(H,27,29);3,5,7,11,25H,1-2,4,6,8-10H2,(H,19,24)(H,20,22);1H. The Bertz CT molecular complexity index is 2270. The highest BCUT2D eigenvalue weighted by Gasteiger charge is 2.25. The van der Waals surface area contributed by atoms with Gasteiger partial charge < -0.3 is 19.8 Å². The smallest absolute Gasteiger partial charge is 0.292 e. The molecular weight excluding hydrogens is 729 g/mol. The number of hydrogen-bond acceptors (Lipinski definition) is 8. The highest BCUT2D eigenvalue weighted by molar-refractivity contribution is 6.45. The molecule has 2 aliphatic heterocycles. The van der Waals surface area contributed by atoms with E-state index in [2.05, 4.69) is 37.4 Å². The molecule has 7 rings (SSSR count). The molecule has 300 valence electrons. The fourth-order valence-electron chi connectivity index (χ4n) is 7.38. The molecule has 2 aliphatic rings. The SMILES string of the molecule is O=C(CCCCNC(=O)C(=O)c1cn2c3c(cccc13)CCC2)NO.O=C(CCCCNC(=O)C(=O)c1cn2c3c(cccc13)CCC2)NOCc1ccccc1.[HH]. The Morgan fingerprint density at radius 2 is 1.14 bits per heavy atom. The largest absolute Gasteiger partial charge is 0.349 e. The van der Waals surface area contributed by atoms with Gasteiger partial charge >= 0.3 is 0 Å². The van der Waals surface area contributed by atoms with Gasteiger partial charge in [0.05, 0.1) is 28.8 Å². The van der Waals surface area contributed by atoms with E-state index in [0.717, 1.165) is 66.1 Å². The predicted molar refractivity (Wildman–Crippen MR) is 214 cm³/mol. The van der Waals surface area contributed by atoms with Gasteiger partial charge in [0.25, 0.3) is 23.4 Å². The molecule has 0 radical (unpaired) electrons. The topological polar surface area (TPSA) is 190 Å². The number of para-hydroxylation sites is 2. The van der Waals surface area contributed by atoms with Crippen molar-refractivity contribution in [2.75, 3.05) is 13.1 Å². The molecule has 14 heteroatoms. The van der Waals surface area contributed by atoms with Crippen LogP contribution in [0.25, 0.3) is 21.8 Å². The Morgan fingerprint density at radius 3 is 1.65 bits per heavy atom. The zero-order valence-corrected chi connectivity index (χ0v) is 31.8. The van der Waals surface area contributed by atoms with E-state index < -0.39 is 29.3 Å². The first-order valence-corrected chi connectivity index (χ1v) is 19.5. The molecule has 3 aromatic carbocycles. The van der Waals surface area contributed by atoms with Gasteiger partial charge in [-0.1, -0.05) is 66.7 Å². The number of rotatable bonds is 17. The summed E-state index contributed by atoms with van der Waals surface area (Å²) >= 11 is 0. The van der Waals surface area contributed by atoms with Gasteiger partial charge in [-0.3, -0.25) is 38.8 Å². The number of carbonyl (C=O) groups excluding carboxylic acids is 6. The second-order valence-electron chi connectivity index (χ2n) is 14.2. The average Bonchev–Trinajstić information content (AvgIpc) is 3.81. The van der Waals surface area contributed by atoms with Gasteiger partial charge in [0.15, 0.2) is 0 Å². The quantitative estimate of drug-likeness (QED) is 0.0283. The summed E-state index contributed by atoms with van der Waals surface area (Å²) in [7, 11) is 0. The third-order valence-electron chi connectivity index (χ3n) is 10.2. The molecule has 4 amide bonds. The molecule has 0 fully saturated rings. The van der Waals surface area contributed by atoms with Crippen LogP contribution in [0.1, 0.15) is 90.2 Å². The first-order valence-electron chi connectivity index (χ1n) is 19.5. The van der Waals surface area contributed by atoms with Crippen molar-refractivity contribution in [3.63, 3.8) is 0 Å². The molecule has 4 heterocycles. The van der Waals surface area contributed by atoms with E-state index in [-0.39, 0.29) is 20.2 Å². The Labute approximate surface area is 331 Å². The molecule has 5 N–H and O–H groups in total. The van der Waals surface area contributed by atoms with Crippen molar-refractivity contribution in [1.82, 2.24) is 30.7 Å². The Hall–Kier alpha value is -6.12. The van der Waals surface area contributed by atoms with Gasteiger partial charge in [-0.15, -0.1) is 0 Å². The number of Topliss-reactive ketones (excluding diaryl/α,β-unsaturated/α-hetero) is 2. The predicted octanol–water partition coefficient (Wildman–Crippen LogP) is 5.11. The minimum Gasteiger partial charge on any atom is -0.349 e. The maximum atomic E-state index is 12.7. The zero-order chi connectivity index (χ0) is 40.1. The third-order valence-corrected chi connectivity index (χ3v) is 10.2. The summed E-state index contributed by atoms with van der Waals surface area (Å²) in [6.45, 7) is 2.68. The average molecular weight is 779 g/mol. The minimum atomic E-state index is -0.629. The minimum absolute atomic E-state index is 0. The highest BCUT2D eigenvalue weighted by Crippen LogP contribution is 2.31. The van der Waals surface area contributed by atoms with Crippen LogP contribution < -0.4 is 21.6 Å². The van der Waals surface area contributed by atoms with Crippen LogP contribution in [-0.4, -0.2) is 62.6 Å². The van der Waals surface area contributed by atoms with Crippen molar-refractivity contribution in [1.29, 1.82) is 0 Å². The molecular formula is C43H50N6O8. The van der Waals surface area contributed by atoms with Gasteiger partial charge in [0.2, 0.25) is 11.8 Å². The van der Waals surface area contributed by atoms with Gasteiger partial charge in [-0.25, -0.2) is 11.0 Å². The van der Waals surface area contributed by atoms with Crippen LogP contribution in [0, 0.1) is 0 Å². The summed E-state index contributed by atoms with van der Waals surface area (Å²) < 4.78 is 4.13. The van der Waals surface area contributed by atoms with E-state index >= 15 is 0 Å². The number of hydroxylamine groups is 2. The maximum absolute atomic E-state index is 12.7. The number of carbonyl (C=O) groups is 6. The van der Waals surface area contributed by atoms with Gasteiger partial charge in [0.1, 0.15) is 0 Å². The number of nitrogens with zero attached hydrogens (tertiary/aromatic N) is 2. The Morgan fingerprint density at radius 1 is 0.632 bits per heavy atom. The summed E-state index contributed by atoms with van der Waals surface area (Å²) in [4.78, 5) is 77.7. The summed E-state index contributed by atoms with van der Waals surface area (Å²) in [5, 5.41) is 15.4. The lowest BCUT2D eigenvalue weighted by Gasteiger charge is -2.14. The number of unbranched alkanes of at least 4 members (excludes halogenated alkanes) is 2. The maximum Gasteiger partial charge on any atom is 0.292 e. The van der Waals surface area contributed by atoms with E-state index in [0.29, 0.717) is 56.5 Å². The number of ketones is 2. The van der Waals surface area contributed by atoms with Crippen molar-refractivity contribution in [2.45, 2.75) is 83.9 Å². The monoisotopic (exact) mass is 778 g/mol. The first kappa shape index (κ1) is 40.5. The van der Waals surface area contributed by atoms with E-state index in [1.54, 1.807) is 17.9 Å². The van der Waals surface area contributed by atoms with Crippen molar-refractivity contribution >= 4 is 57.0 Å². The fraction of sp³-hybridized carbons (Fsp3) is 0.349. The normalized spacial score (nSPS) is 12.6. The summed E-state index contributed by atoms with van der Waals surface area (Å²) in [5.41, 5.74) is 10.4. The lowest BCUT2D eigenvalue weighted by atomic mass is 10.0. The van der Waals surface area contributed by atoms with E-state index in [4.69, 9.17) is 10.0 Å². The molecule has 57 heavy (non-hydrogen) atoms. The van der Waals surface area contributed by atoms with Crippen LogP contribution >= 0.6 is 0 Å². The molecule has 5 aromatic rings. The van der Waals surface area contributed by atoms with Gasteiger partial charge in [-0.05, 0) is 68.1 Å². The molecule has 0 spiro atoms. The molecule has 0 atom stereocenters. The number of hydrogen-bond donors (Lipinski definition) is 5. The van der Waals surface area contributed by atoms with Crippen molar-refractivity contribution < 1.29 is 40.2 Å². The van der Waals surface area contributed by atoms with Crippen molar-refractivity contribution in [3.05, 3.63) is 107 Å². The van der Waals surface area contributed by atoms with Crippen LogP contribution in [0.4, 0.5) is 0 Å². The van der Waals surface area contributed by atoms with Gasteiger partial charge in [0, 0.05) is 63.6 Å². The summed E-state index contributed by atoms with van der Waals surface area (Å²) in [6, 6.07) is 21.4. The van der Waals surface area contributed by atoms with Crippen molar-refractivity contribution in [3.8, 4) is 0 Å². The molecule has 0 saturated heterocycles. The van der Waals surface area contributed by atoms with E-state index in [9.17, 15) is 28.8 Å². The molecule has 14 nitrogen and oxygen atoms in total. The number of nitrogens with one attached hydrogen (secondary N) is 4. The van der Waals surface area contributed by atoms with Crippen molar-refractivity contribution in [2.24, 2.45) is 0 Å². The third kappa shape index (κ3) is 10.2. The first-order chi connectivity index (χ1) is 27.7. The van der Waals surface area contributed by atoms with Crippen LogP contribution in [0.5, 0.6) is 0 Å². The number of aryl methyl sites for hydroxylation is 4. The van der Waals surface area contributed by atoms with Crippen LogP contribution in [0.2, 0.25) is 0 Å². The number of amides is 4. The molecule has 2 aromatic heterocycles. The van der Waals surface area contributed by atoms with Crippen LogP contribution in [0.3, 0.4) is 0 Å². The Balaban J connectivity index is 0.000000224. The number of benzene rings is 3. The molecule has 0 bridgehead atoms. The second-order valence-corrected chi connectivity index (χ2v) is 14.2. The molecule has 0 aliphatic carbocycles. The second kappa shape index (κ2) is 19.6. The molecule has 0 unspecified atom stereocenters. The summed E-state index contributed by atoms with van der Waals surface area (Å²) in [6.07, 6.45) is 10.3. The van der Waals surface area contributed by atoms with Gasteiger partial charge in [-0.2, -0.15) is 0 Å². The fourth-order valence-corrected chi connectivity index (χ4v) is 7.38. The molecule has 0 saturated carbocycles. The number of aromatic nitrogens is 2. The lowest BCUT2D eigenvalue weighted by Crippen LogP contribution is -2.32. The van der Waals surface area contributed by atoms with Crippen LogP contribution in [0.15, 0.2) is 79.1 Å². The summed E-state index contributed by atoms with van der Waals surface area (Å²) in [5.74, 6) is -2.95.